The number of anilines is 1. The van der Waals surface area contributed by atoms with Crippen LogP contribution in [0, 0.1) is 11.3 Å². The normalized spacial score (nSPS) is 11.3. The molecule has 2 rings (SSSR count). The third-order valence-corrected chi connectivity index (χ3v) is 3.32. The van der Waals surface area contributed by atoms with Gasteiger partial charge in [-0.05, 0) is 36.8 Å². The summed E-state index contributed by atoms with van der Waals surface area (Å²) in [6, 6.07) is 15.4. The summed E-state index contributed by atoms with van der Waals surface area (Å²) in [6.07, 6.45) is 0. The highest BCUT2D eigenvalue weighted by Crippen LogP contribution is 2.31. The highest BCUT2D eigenvalue weighted by atomic mass is 16.5. The number of nitrogens with one attached hydrogen (secondary N) is 1. The van der Waals surface area contributed by atoms with Gasteiger partial charge in [-0.1, -0.05) is 12.1 Å². The van der Waals surface area contributed by atoms with Gasteiger partial charge in [0, 0.05) is 12.1 Å². The number of ether oxygens (including phenoxy) is 2. The van der Waals surface area contributed by atoms with Gasteiger partial charge in [0.05, 0.1) is 31.5 Å². The lowest BCUT2D eigenvalue weighted by molar-refractivity contribution is 0.404. The number of nitrogens with zero attached hydrogens (tertiary/aromatic N) is 1. The molecule has 0 fully saturated rings. The van der Waals surface area contributed by atoms with E-state index >= 15 is 0 Å². The standard InChI is InChI=1S/C17H18N2O2/c1-12(14-6-4-13(11-18)5-7-14)19-16-10-15(20-2)8-9-17(16)21-3/h4-10,12,19H,1-3H3. The van der Waals surface area contributed by atoms with E-state index in [9.17, 15) is 0 Å². The molecular formula is C17H18N2O2. The summed E-state index contributed by atoms with van der Waals surface area (Å²) in [5.41, 5.74) is 2.62. The van der Waals surface area contributed by atoms with Crippen LogP contribution < -0.4 is 14.8 Å². The first-order chi connectivity index (χ1) is 10.2. The number of benzene rings is 2. The smallest absolute Gasteiger partial charge is 0.142 e. The largest absolute Gasteiger partial charge is 0.497 e. The van der Waals surface area contributed by atoms with E-state index in [0.717, 1.165) is 22.7 Å². The van der Waals surface area contributed by atoms with Crippen molar-refractivity contribution < 1.29 is 9.47 Å². The van der Waals surface area contributed by atoms with Gasteiger partial charge in [0.15, 0.2) is 0 Å². The summed E-state index contributed by atoms with van der Waals surface area (Å²) in [5, 5.41) is 12.2. The van der Waals surface area contributed by atoms with Crippen molar-refractivity contribution in [3.05, 3.63) is 53.6 Å². The monoisotopic (exact) mass is 282 g/mol. The lowest BCUT2D eigenvalue weighted by Gasteiger charge is -2.18. The highest BCUT2D eigenvalue weighted by molar-refractivity contribution is 5.60. The Kier molecular flexibility index (Phi) is 4.68. The minimum Gasteiger partial charge on any atom is -0.497 e. The molecule has 0 aliphatic carbocycles. The van der Waals surface area contributed by atoms with Crippen molar-refractivity contribution in [2.45, 2.75) is 13.0 Å². The summed E-state index contributed by atoms with van der Waals surface area (Å²) in [6.45, 7) is 2.06. The van der Waals surface area contributed by atoms with E-state index < -0.39 is 0 Å². The van der Waals surface area contributed by atoms with Gasteiger partial charge in [0.1, 0.15) is 11.5 Å². The van der Waals surface area contributed by atoms with Crippen LogP contribution in [0.3, 0.4) is 0 Å². The Balaban J connectivity index is 2.21. The Bertz CT molecular complexity index is 645. The van der Waals surface area contributed by atoms with Crippen molar-refractivity contribution in [1.82, 2.24) is 0 Å². The Hall–Kier alpha value is -2.67. The van der Waals surface area contributed by atoms with Gasteiger partial charge in [-0.3, -0.25) is 0 Å². The van der Waals surface area contributed by atoms with Gasteiger partial charge in [0.25, 0.3) is 0 Å². The second-order valence-corrected chi connectivity index (χ2v) is 4.67. The summed E-state index contributed by atoms with van der Waals surface area (Å²) in [4.78, 5) is 0. The minimum absolute atomic E-state index is 0.0822. The van der Waals surface area contributed by atoms with Crippen molar-refractivity contribution >= 4 is 5.69 Å². The van der Waals surface area contributed by atoms with Crippen molar-refractivity contribution in [2.75, 3.05) is 19.5 Å². The maximum Gasteiger partial charge on any atom is 0.142 e. The first-order valence-electron chi connectivity index (χ1n) is 6.66. The third-order valence-electron chi connectivity index (χ3n) is 3.32. The van der Waals surface area contributed by atoms with Crippen LogP contribution in [0.1, 0.15) is 24.1 Å². The molecule has 1 N–H and O–H groups in total. The van der Waals surface area contributed by atoms with Gasteiger partial charge in [-0.15, -0.1) is 0 Å². The average Bonchev–Trinajstić information content (AvgIpc) is 2.54. The molecule has 0 bridgehead atoms. The second kappa shape index (κ2) is 6.67. The second-order valence-electron chi connectivity index (χ2n) is 4.67. The molecule has 0 aliphatic rings. The number of hydrogen-bond acceptors (Lipinski definition) is 4. The van der Waals surface area contributed by atoms with Crippen molar-refractivity contribution in [2.24, 2.45) is 0 Å². The molecule has 0 aromatic heterocycles. The van der Waals surface area contributed by atoms with E-state index in [1.54, 1.807) is 14.2 Å². The predicted molar refractivity (Wildman–Crippen MR) is 82.7 cm³/mol. The zero-order valence-corrected chi connectivity index (χ0v) is 12.4. The van der Waals surface area contributed by atoms with Crippen LogP contribution in [0.5, 0.6) is 11.5 Å². The van der Waals surface area contributed by atoms with Crippen LogP contribution in [0.2, 0.25) is 0 Å². The molecule has 0 heterocycles. The maximum absolute atomic E-state index is 8.83. The van der Waals surface area contributed by atoms with Gasteiger partial charge < -0.3 is 14.8 Å². The first kappa shape index (κ1) is 14.7. The molecule has 108 valence electrons. The van der Waals surface area contributed by atoms with Crippen LogP contribution in [-0.4, -0.2) is 14.2 Å². The summed E-state index contributed by atoms with van der Waals surface area (Å²) in [7, 11) is 3.27. The van der Waals surface area contributed by atoms with Crippen LogP contribution in [0.4, 0.5) is 5.69 Å². The Morgan fingerprint density at radius 3 is 2.33 bits per heavy atom. The Labute approximate surface area is 124 Å². The topological polar surface area (TPSA) is 54.3 Å². The minimum atomic E-state index is 0.0822. The lowest BCUT2D eigenvalue weighted by Crippen LogP contribution is -2.07. The fourth-order valence-corrected chi connectivity index (χ4v) is 2.09. The molecule has 0 aliphatic heterocycles. The Morgan fingerprint density at radius 2 is 1.76 bits per heavy atom. The Morgan fingerprint density at radius 1 is 1.05 bits per heavy atom. The van der Waals surface area contributed by atoms with Crippen molar-refractivity contribution in [1.29, 1.82) is 5.26 Å². The summed E-state index contributed by atoms with van der Waals surface area (Å²) < 4.78 is 10.6. The molecule has 21 heavy (non-hydrogen) atoms. The van der Waals surface area contributed by atoms with Crippen molar-refractivity contribution in [3.63, 3.8) is 0 Å². The van der Waals surface area contributed by atoms with Crippen LogP contribution >= 0.6 is 0 Å². The van der Waals surface area contributed by atoms with Gasteiger partial charge in [0.2, 0.25) is 0 Å². The number of nitriles is 1. The van der Waals surface area contributed by atoms with E-state index in [2.05, 4.69) is 18.3 Å². The van der Waals surface area contributed by atoms with Gasteiger partial charge >= 0.3 is 0 Å². The zero-order chi connectivity index (χ0) is 15.2. The molecule has 0 amide bonds. The molecule has 1 atom stereocenters. The fourth-order valence-electron chi connectivity index (χ4n) is 2.09. The molecule has 0 radical (unpaired) electrons. The molecule has 0 spiro atoms. The van der Waals surface area contributed by atoms with E-state index in [1.807, 2.05) is 42.5 Å². The molecule has 2 aromatic carbocycles. The SMILES string of the molecule is COc1ccc(OC)c(NC(C)c2ccc(C#N)cc2)c1. The molecule has 0 saturated carbocycles. The third kappa shape index (κ3) is 3.46. The predicted octanol–water partition coefficient (Wildman–Crippen LogP) is 3.75. The van der Waals surface area contributed by atoms with E-state index in [1.165, 1.54) is 0 Å². The summed E-state index contributed by atoms with van der Waals surface area (Å²) >= 11 is 0. The number of methoxy groups -OCH3 is 2. The molecule has 4 nitrogen and oxygen atoms in total. The van der Waals surface area contributed by atoms with E-state index in [0.29, 0.717) is 5.56 Å². The number of rotatable bonds is 5. The molecule has 2 aromatic rings. The van der Waals surface area contributed by atoms with Crippen LogP contribution in [0.15, 0.2) is 42.5 Å². The molecule has 4 heteroatoms. The summed E-state index contributed by atoms with van der Waals surface area (Å²) in [5.74, 6) is 1.53. The van der Waals surface area contributed by atoms with E-state index in [4.69, 9.17) is 14.7 Å². The molecule has 0 saturated heterocycles. The quantitative estimate of drug-likeness (QED) is 0.907. The number of hydrogen-bond donors (Lipinski definition) is 1. The zero-order valence-electron chi connectivity index (χ0n) is 12.4. The van der Waals surface area contributed by atoms with Gasteiger partial charge in [-0.2, -0.15) is 5.26 Å². The first-order valence-corrected chi connectivity index (χ1v) is 6.66. The van der Waals surface area contributed by atoms with Crippen molar-refractivity contribution in [3.8, 4) is 17.6 Å². The molecule has 1 unspecified atom stereocenters. The lowest BCUT2D eigenvalue weighted by atomic mass is 10.1. The highest BCUT2D eigenvalue weighted by Gasteiger charge is 2.10. The van der Waals surface area contributed by atoms with E-state index in [-0.39, 0.29) is 6.04 Å². The van der Waals surface area contributed by atoms with Crippen LogP contribution in [0.25, 0.3) is 0 Å². The molecular weight excluding hydrogens is 264 g/mol. The van der Waals surface area contributed by atoms with Gasteiger partial charge in [-0.25, -0.2) is 0 Å². The van der Waals surface area contributed by atoms with Crippen LogP contribution in [-0.2, 0) is 0 Å². The average molecular weight is 282 g/mol. The maximum atomic E-state index is 8.83. The fraction of sp³-hybridized carbons (Fsp3) is 0.235.